The van der Waals surface area contributed by atoms with Gasteiger partial charge in [0.25, 0.3) is 22.7 Å². The van der Waals surface area contributed by atoms with Crippen molar-refractivity contribution in [3.05, 3.63) is 150 Å². The third-order valence-electron chi connectivity index (χ3n) is 8.50. The number of nitrogen functional groups attached to an aromatic ring is 4. The molecule has 8 N–H and O–H groups in total. The summed E-state index contributed by atoms with van der Waals surface area (Å²) in [6.45, 7) is 0. The van der Waals surface area contributed by atoms with Gasteiger partial charge in [0, 0.05) is 69.3 Å². The van der Waals surface area contributed by atoms with Gasteiger partial charge in [-0.2, -0.15) is 0 Å². The van der Waals surface area contributed by atoms with E-state index in [1.807, 2.05) is 0 Å². The second-order valence-corrected chi connectivity index (χ2v) is 11.6. The van der Waals surface area contributed by atoms with Crippen LogP contribution >= 0.6 is 0 Å². The van der Waals surface area contributed by atoms with E-state index in [1.165, 1.54) is 24.3 Å². The van der Waals surface area contributed by atoms with Crippen LogP contribution in [0.1, 0.15) is 0 Å². The molecule has 52 heavy (non-hydrogen) atoms. The van der Waals surface area contributed by atoms with E-state index in [-0.39, 0.29) is 56.1 Å². The van der Waals surface area contributed by atoms with E-state index in [9.17, 15) is 40.5 Å². The van der Waals surface area contributed by atoms with Crippen LogP contribution < -0.4 is 22.9 Å². The summed E-state index contributed by atoms with van der Waals surface area (Å²) in [4.78, 5) is 46.4. The van der Waals surface area contributed by atoms with Gasteiger partial charge < -0.3 is 22.9 Å². The highest BCUT2D eigenvalue weighted by atomic mass is 16.6. The fourth-order valence-electron chi connectivity index (χ4n) is 6.09. The maximum absolute atomic E-state index is 12.4. The highest BCUT2D eigenvalue weighted by Crippen LogP contribution is 2.48. The molecule has 0 amide bonds. The van der Waals surface area contributed by atoms with Crippen molar-refractivity contribution >= 4 is 45.5 Å². The minimum atomic E-state index is -0.759. The molecular formula is C36H26N8O8. The summed E-state index contributed by atoms with van der Waals surface area (Å²) in [6.07, 6.45) is 0. The Balaban J connectivity index is 1.66. The molecule has 6 aromatic rings. The lowest BCUT2D eigenvalue weighted by molar-refractivity contribution is -0.386. The Morgan fingerprint density at radius 1 is 0.327 bits per heavy atom. The monoisotopic (exact) mass is 698 g/mol. The molecule has 0 bridgehead atoms. The van der Waals surface area contributed by atoms with Crippen LogP contribution in [0.3, 0.4) is 0 Å². The number of rotatable bonds is 9. The van der Waals surface area contributed by atoms with Gasteiger partial charge in [0.2, 0.25) is 0 Å². The molecule has 0 radical (unpaired) electrons. The van der Waals surface area contributed by atoms with Gasteiger partial charge in [-0.1, -0.05) is 60.7 Å². The summed E-state index contributed by atoms with van der Waals surface area (Å²) < 4.78 is 0. The highest BCUT2D eigenvalue weighted by Gasteiger charge is 2.30. The first kappa shape index (κ1) is 34.0. The second-order valence-electron chi connectivity index (χ2n) is 11.6. The lowest BCUT2D eigenvalue weighted by atomic mass is 9.89. The van der Waals surface area contributed by atoms with Crippen LogP contribution in [-0.2, 0) is 0 Å². The van der Waals surface area contributed by atoms with E-state index in [1.54, 1.807) is 60.7 Å². The number of benzene rings is 6. The minimum absolute atomic E-state index is 0.00279. The van der Waals surface area contributed by atoms with Gasteiger partial charge in [-0.15, -0.1) is 0 Å². The highest BCUT2D eigenvalue weighted by molar-refractivity contribution is 5.99. The number of hydrogen-bond acceptors (Lipinski definition) is 12. The van der Waals surface area contributed by atoms with Crippen LogP contribution in [0.5, 0.6) is 0 Å². The molecule has 0 aliphatic carbocycles. The Morgan fingerprint density at radius 2 is 0.558 bits per heavy atom. The predicted octanol–water partition coefficient (Wildman–Crippen LogP) is 7.98. The maximum atomic E-state index is 12.4. The van der Waals surface area contributed by atoms with Gasteiger partial charge in [0.15, 0.2) is 0 Å². The van der Waals surface area contributed by atoms with Crippen molar-refractivity contribution in [2.24, 2.45) is 0 Å². The van der Waals surface area contributed by atoms with Crippen LogP contribution in [0.2, 0.25) is 0 Å². The molecular weight excluding hydrogens is 672 g/mol. The largest absolute Gasteiger partial charge is 0.398 e. The van der Waals surface area contributed by atoms with Crippen molar-refractivity contribution in [1.29, 1.82) is 0 Å². The van der Waals surface area contributed by atoms with Gasteiger partial charge in [0.1, 0.15) is 0 Å². The summed E-state index contributed by atoms with van der Waals surface area (Å²) in [5.41, 5.74) is 23.6. The molecule has 0 unspecified atom stereocenters. The molecule has 16 heteroatoms. The summed E-state index contributed by atoms with van der Waals surface area (Å²) >= 11 is 0. The maximum Gasteiger partial charge on any atom is 0.279 e. The van der Waals surface area contributed by atoms with E-state index < -0.39 is 42.4 Å². The fraction of sp³-hybridized carbons (Fsp3) is 0. The number of nitro benzene ring substituents is 4. The van der Waals surface area contributed by atoms with Gasteiger partial charge in [0.05, 0.1) is 41.9 Å². The van der Waals surface area contributed by atoms with Crippen molar-refractivity contribution in [2.45, 2.75) is 0 Å². The SMILES string of the molecule is Nc1cc([N+](=O)[O-])c(-c2cc(-c3cc(-c4cc(-c5ccccc5)c(N)cc4[N+](=O)[O-])c([N+](=O)[O-])cc3N)c(N)cc2[N+](=O)[O-])cc1-c1ccccc1. The first-order valence-electron chi connectivity index (χ1n) is 15.2. The van der Waals surface area contributed by atoms with E-state index in [4.69, 9.17) is 22.9 Å². The molecule has 6 aromatic carbocycles. The third-order valence-corrected chi connectivity index (χ3v) is 8.50. The van der Waals surface area contributed by atoms with Crippen LogP contribution in [0.4, 0.5) is 45.5 Å². The zero-order valence-electron chi connectivity index (χ0n) is 26.8. The molecule has 0 aromatic heterocycles. The quantitative estimate of drug-likeness (QED) is 0.0635. The van der Waals surface area contributed by atoms with Crippen LogP contribution in [-0.4, -0.2) is 19.7 Å². The Labute approximate surface area is 293 Å². The molecule has 6 rings (SSSR count). The molecule has 0 saturated heterocycles. The molecule has 0 spiro atoms. The van der Waals surface area contributed by atoms with Gasteiger partial charge >= 0.3 is 0 Å². The Morgan fingerprint density at radius 3 is 0.808 bits per heavy atom. The molecule has 0 aliphatic heterocycles. The third kappa shape index (κ3) is 6.09. The summed E-state index contributed by atoms with van der Waals surface area (Å²) in [6, 6.07) is 26.6. The van der Waals surface area contributed by atoms with E-state index in [2.05, 4.69) is 0 Å². The summed E-state index contributed by atoms with van der Waals surface area (Å²) in [7, 11) is 0. The van der Waals surface area contributed by atoms with Gasteiger partial charge in [-0.3, -0.25) is 40.5 Å². The number of nitrogens with two attached hydrogens (primary N) is 4. The smallest absolute Gasteiger partial charge is 0.279 e. The van der Waals surface area contributed by atoms with E-state index in [0.717, 1.165) is 24.3 Å². The van der Waals surface area contributed by atoms with Gasteiger partial charge in [-0.05, 0) is 35.4 Å². The van der Waals surface area contributed by atoms with Crippen molar-refractivity contribution in [3.8, 4) is 55.6 Å². The number of hydrogen-bond donors (Lipinski definition) is 4. The Bertz CT molecular complexity index is 2300. The first-order chi connectivity index (χ1) is 24.8. The normalized spacial score (nSPS) is 10.8. The van der Waals surface area contributed by atoms with Crippen LogP contribution in [0.15, 0.2) is 109 Å². The summed E-state index contributed by atoms with van der Waals surface area (Å²) in [5.74, 6) is 0. The molecule has 0 atom stereocenters. The second kappa shape index (κ2) is 13.2. The summed E-state index contributed by atoms with van der Waals surface area (Å²) in [5, 5.41) is 49.4. The van der Waals surface area contributed by atoms with Crippen molar-refractivity contribution in [2.75, 3.05) is 22.9 Å². The Hall–Kier alpha value is -7.88. The topological polar surface area (TPSA) is 277 Å². The molecule has 0 saturated carbocycles. The predicted molar refractivity (Wildman–Crippen MR) is 198 cm³/mol. The first-order valence-corrected chi connectivity index (χ1v) is 15.2. The zero-order chi connectivity index (χ0) is 37.4. The lowest BCUT2D eigenvalue weighted by Gasteiger charge is -2.16. The van der Waals surface area contributed by atoms with Crippen LogP contribution in [0.25, 0.3) is 55.6 Å². The average Bonchev–Trinajstić information content (AvgIpc) is 3.12. The zero-order valence-corrected chi connectivity index (χ0v) is 26.8. The molecule has 0 aliphatic rings. The minimum Gasteiger partial charge on any atom is -0.398 e. The molecule has 16 nitrogen and oxygen atoms in total. The average molecular weight is 699 g/mol. The van der Waals surface area contributed by atoms with Crippen molar-refractivity contribution in [1.82, 2.24) is 0 Å². The molecule has 0 heterocycles. The molecule has 258 valence electrons. The van der Waals surface area contributed by atoms with Crippen molar-refractivity contribution in [3.63, 3.8) is 0 Å². The lowest BCUT2D eigenvalue weighted by Crippen LogP contribution is -2.04. The van der Waals surface area contributed by atoms with Gasteiger partial charge in [-0.25, -0.2) is 0 Å². The van der Waals surface area contributed by atoms with Crippen LogP contribution in [0, 0.1) is 40.5 Å². The fourth-order valence-corrected chi connectivity index (χ4v) is 6.09. The number of nitrogens with zero attached hydrogens (tertiary/aromatic N) is 4. The number of nitro groups is 4. The standard InChI is InChI=1S/C36H26N8O8/c37-29-15-33(41(45)46)25(11-21(29)19-7-3-1-4-8-19)27-13-23(31(39)17-35(27)43(49)50)24-14-28(36(44(51)52)18-32(24)40)26-12-22(20-9-5-2-6-10-20)30(38)16-34(26)42(47)48/h1-18H,37-40H2. The van der Waals surface area contributed by atoms with Crippen molar-refractivity contribution < 1.29 is 19.7 Å². The Kier molecular flexibility index (Phi) is 8.63. The van der Waals surface area contributed by atoms with E-state index >= 15 is 0 Å². The number of anilines is 4. The van der Waals surface area contributed by atoms with E-state index in [0.29, 0.717) is 22.3 Å². The molecule has 0 fully saturated rings.